The lowest BCUT2D eigenvalue weighted by molar-refractivity contribution is 0.0941. The standard InChI is InChI=1S/C20H20N4O3/c1-3-11-21-20(27)18-23-17(16-6-4-5-12-24(16)18)19(26)22-15-9-7-14(8-10-15)13(2)25/h4-10,12H,3,11H2,1-2H3,(H,21,27)(H,22,26). The van der Waals surface area contributed by atoms with Gasteiger partial charge in [0.2, 0.25) is 5.82 Å². The third-order valence-corrected chi connectivity index (χ3v) is 4.05. The van der Waals surface area contributed by atoms with Crippen molar-refractivity contribution < 1.29 is 14.4 Å². The zero-order chi connectivity index (χ0) is 19.4. The lowest BCUT2D eigenvalue weighted by Gasteiger charge is -2.04. The summed E-state index contributed by atoms with van der Waals surface area (Å²) in [5.41, 5.74) is 1.80. The van der Waals surface area contributed by atoms with Gasteiger partial charge in [0, 0.05) is 24.0 Å². The van der Waals surface area contributed by atoms with Gasteiger partial charge in [0.05, 0.1) is 5.52 Å². The summed E-state index contributed by atoms with van der Waals surface area (Å²) in [6.45, 7) is 3.97. The van der Waals surface area contributed by atoms with E-state index in [0.29, 0.717) is 23.3 Å². The van der Waals surface area contributed by atoms with E-state index in [-0.39, 0.29) is 23.2 Å². The van der Waals surface area contributed by atoms with Gasteiger partial charge in [-0.3, -0.25) is 18.8 Å². The summed E-state index contributed by atoms with van der Waals surface area (Å²) in [7, 11) is 0. The quantitative estimate of drug-likeness (QED) is 0.658. The number of ketones is 1. The first-order chi connectivity index (χ1) is 13.0. The number of anilines is 1. The first-order valence-electron chi connectivity index (χ1n) is 8.69. The Morgan fingerprint density at radius 1 is 1.04 bits per heavy atom. The number of pyridine rings is 1. The molecule has 0 unspecified atom stereocenters. The van der Waals surface area contributed by atoms with E-state index in [9.17, 15) is 14.4 Å². The Kier molecular flexibility index (Phi) is 5.30. The number of hydrogen-bond donors (Lipinski definition) is 2. The molecule has 2 heterocycles. The van der Waals surface area contributed by atoms with Crippen molar-refractivity contribution in [2.75, 3.05) is 11.9 Å². The molecule has 0 fully saturated rings. The molecule has 0 saturated heterocycles. The van der Waals surface area contributed by atoms with Crippen LogP contribution in [-0.4, -0.2) is 33.5 Å². The number of benzene rings is 1. The van der Waals surface area contributed by atoms with Crippen LogP contribution in [0.2, 0.25) is 0 Å². The predicted molar refractivity (Wildman–Crippen MR) is 102 cm³/mol. The number of nitrogens with zero attached hydrogens (tertiary/aromatic N) is 2. The van der Waals surface area contributed by atoms with Gasteiger partial charge in [-0.25, -0.2) is 4.98 Å². The highest BCUT2D eigenvalue weighted by atomic mass is 16.2. The van der Waals surface area contributed by atoms with Crippen molar-refractivity contribution in [3.05, 3.63) is 65.7 Å². The fourth-order valence-electron chi connectivity index (χ4n) is 2.66. The molecule has 0 atom stereocenters. The Morgan fingerprint density at radius 3 is 2.44 bits per heavy atom. The first-order valence-corrected chi connectivity index (χ1v) is 8.69. The summed E-state index contributed by atoms with van der Waals surface area (Å²) in [5.74, 6) is -0.640. The van der Waals surface area contributed by atoms with Gasteiger partial charge in [-0.15, -0.1) is 0 Å². The Balaban J connectivity index is 1.90. The van der Waals surface area contributed by atoms with Gasteiger partial charge in [0.1, 0.15) is 0 Å². The Hall–Kier alpha value is -3.48. The van der Waals surface area contributed by atoms with Crippen LogP contribution in [0, 0.1) is 0 Å². The second kappa shape index (κ2) is 7.82. The Labute approximate surface area is 156 Å². The molecule has 27 heavy (non-hydrogen) atoms. The largest absolute Gasteiger partial charge is 0.349 e. The number of hydrogen-bond acceptors (Lipinski definition) is 4. The van der Waals surface area contributed by atoms with Crippen LogP contribution in [0.3, 0.4) is 0 Å². The number of carbonyl (C=O) groups excluding carboxylic acids is 3. The van der Waals surface area contributed by atoms with Gasteiger partial charge >= 0.3 is 0 Å². The number of amides is 2. The summed E-state index contributed by atoms with van der Waals surface area (Å²) >= 11 is 0. The molecular formula is C20H20N4O3. The molecule has 0 bridgehead atoms. The fraction of sp³-hybridized carbons (Fsp3) is 0.200. The van der Waals surface area contributed by atoms with Crippen LogP contribution in [-0.2, 0) is 0 Å². The van der Waals surface area contributed by atoms with Gasteiger partial charge in [0.15, 0.2) is 11.5 Å². The molecule has 1 aromatic carbocycles. The molecule has 0 saturated carbocycles. The first kappa shape index (κ1) is 18.3. The number of nitrogens with one attached hydrogen (secondary N) is 2. The molecule has 7 heteroatoms. The zero-order valence-electron chi connectivity index (χ0n) is 15.2. The third-order valence-electron chi connectivity index (χ3n) is 4.05. The fourth-order valence-corrected chi connectivity index (χ4v) is 2.66. The summed E-state index contributed by atoms with van der Waals surface area (Å²) in [5, 5.41) is 5.53. The summed E-state index contributed by atoms with van der Waals surface area (Å²) in [6.07, 6.45) is 2.50. The van der Waals surface area contributed by atoms with Crippen molar-refractivity contribution >= 4 is 28.8 Å². The molecule has 2 amide bonds. The molecule has 138 valence electrons. The molecule has 3 rings (SSSR count). The second-order valence-electron chi connectivity index (χ2n) is 6.08. The van der Waals surface area contributed by atoms with E-state index in [0.717, 1.165) is 6.42 Å². The number of fused-ring (bicyclic) bond motifs is 1. The van der Waals surface area contributed by atoms with Crippen LogP contribution in [0.5, 0.6) is 0 Å². The van der Waals surface area contributed by atoms with Crippen LogP contribution in [0.25, 0.3) is 5.52 Å². The van der Waals surface area contributed by atoms with Crippen molar-refractivity contribution in [1.82, 2.24) is 14.7 Å². The molecule has 3 aromatic rings. The highest BCUT2D eigenvalue weighted by Gasteiger charge is 2.21. The maximum absolute atomic E-state index is 12.7. The number of rotatable bonds is 6. The van der Waals surface area contributed by atoms with Gasteiger partial charge < -0.3 is 10.6 Å². The number of imidazole rings is 1. The minimum Gasteiger partial charge on any atom is -0.349 e. The van der Waals surface area contributed by atoms with Crippen LogP contribution in [0.4, 0.5) is 5.69 Å². The van der Waals surface area contributed by atoms with Crippen LogP contribution < -0.4 is 10.6 Å². The van der Waals surface area contributed by atoms with Crippen LogP contribution in [0.15, 0.2) is 48.7 Å². The van der Waals surface area contributed by atoms with Crippen LogP contribution in [0.1, 0.15) is 51.7 Å². The minimum absolute atomic E-state index is 0.0456. The summed E-state index contributed by atoms with van der Waals surface area (Å²) < 4.78 is 1.60. The third kappa shape index (κ3) is 3.87. The van der Waals surface area contributed by atoms with Crippen molar-refractivity contribution in [2.24, 2.45) is 0 Å². The van der Waals surface area contributed by atoms with E-state index >= 15 is 0 Å². The average molecular weight is 364 g/mol. The molecule has 2 N–H and O–H groups in total. The zero-order valence-corrected chi connectivity index (χ0v) is 15.2. The lowest BCUT2D eigenvalue weighted by Crippen LogP contribution is -2.26. The van der Waals surface area contributed by atoms with Gasteiger partial charge in [-0.1, -0.05) is 13.0 Å². The second-order valence-corrected chi connectivity index (χ2v) is 6.08. The van der Waals surface area contributed by atoms with Gasteiger partial charge in [0.25, 0.3) is 11.8 Å². The van der Waals surface area contributed by atoms with E-state index in [1.54, 1.807) is 53.1 Å². The predicted octanol–water partition coefficient (Wildman–Crippen LogP) is 2.93. The number of carbonyl (C=O) groups is 3. The highest BCUT2D eigenvalue weighted by Crippen LogP contribution is 2.16. The monoisotopic (exact) mass is 364 g/mol. The maximum Gasteiger partial charge on any atom is 0.287 e. The van der Waals surface area contributed by atoms with E-state index < -0.39 is 5.91 Å². The molecule has 0 aliphatic carbocycles. The normalized spacial score (nSPS) is 10.6. The van der Waals surface area contributed by atoms with E-state index in [1.165, 1.54) is 6.92 Å². The topological polar surface area (TPSA) is 92.6 Å². The number of aromatic nitrogens is 2. The average Bonchev–Trinajstić information content (AvgIpc) is 3.06. The van der Waals surface area contributed by atoms with Crippen molar-refractivity contribution in [2.45, 2.75) is 20.3 Å². The van der Waals surface area contributed by atoms with E-state index in [1.807, 2.05) is 6.92 Å². The molecule has 0 radical (unpaired) electrons. The van der Waals surface area contributed by atoms with E-state index in [2.05, 4.69) is 15.6 Å². The molecular weight excluding hydrogens is 344 g/mol. The van der Waals surface area contributed by atoms with E-state index in [4.69, 9.17) is 0 Å². The molecule has 2 aromatic heterocycles. The van der Waals surface area contributed by atoms with Crippen molar-refractivity contribution in [3.63, 3.8) is 0 Å². The van der Waals surface area contributed by atoms with Crippen LogP contribution >= 0.6 is 0 Å². The molecule has 0 aliphatic heterocycles. The summed E-state index contributed by atoms with van der Waals surface area (Å²) in [4.78, 5) is 40.7. The molecule has 7 nitrogen and oxygen atoms in total. The van der Waals surface area contributed by atoms with Gasteiger partial charge in [-0.05, 0) is 49.7 Å². The number of Topliss-reactive ketones (excluding diaryl/α,β-unsaturated/α-hetero) is 1. The highest BCUT2D eigenvalue weighted by molar-refractivity contribution is 6.09. The molecule has 0 spiro atoms. The smallest absolute Gasteiger partial charge is 0.287 e. The van der Waals surface area contributed by atoms with Crippen molar-refractivity contribution in [3.8, 4) is 0 Å². The summed E-state index contributed by atoms with van der Waals surface area (Å²) in [6, 6.07) is 11.9. The SMILES string of the molecule is CCCNC(=O)c1nc(C(=O)Nc2ccc(C(C)=O)cc2)c2ccccn12. The Bertz CT molecular complexity index is 1010. The molecule has 0 aliphatic rings. The van der Waals surface area contributed by atoms with Crippen molar-refractivity contribution in [1.29, 1.82) is 0 Å². The Morgan fingerprint density at radius 2 is 1.78 bits per heavy atom. The van der Waals surface area contributed by atoms with Gasteiger partial charge in [-0.2, -0.15) is 0 Å². The minimum atomic E-state index is -0.427. The lowest BCUT2D eigenvalue weighted by atomic mass is 10.1. The maximum atomic E-state index is 12.7.